The Labute approximate surface area is 188 Å². The molecule has 0 unspecified atom stereocenters. The number of carbonyl (C=O) groups is 2. The average molecular weight is 462 g/mol. The molecule has 2 aromatic rings. The molecule has 2 amide bonds. The molecule has 1 aliphatic heterocycles. The summed E-state index contributed by atoms with van der Waals surface area (Å²) in [5.74, 6) is 0.370. The zero-order valence-electron chi connectivity index (χ0n) is 18.7. The Bertz CT molecular complexity index is 1150. The molecular weight excluding hydrogens is 434 g/mol. The predicted molar refractivity (Wildman–Crippen MR) is 121 cm³/mol. The largest absolute Gasteiger partial charge is 0.493 e. The summed E-state index contributed by atoms with van der Waals surface area (Å²) in [5.41, 5.74) is 1.96. The third-order valence-electron chi connectivity index (χ3n) is 5.35. The molecule has 0 saturated heterocycles. The van der Waals surface area contributed by atoms with E-state index in [1.165, 1.54) is 34.3 Å². The van der Waals surface area contributed by atoms with Gasteiger partial charge in [0.15, 0.2) is 11.5 Å². The van der Waals surface area contributed by atoms with Crippen molar-refractivity contribution < 1.29 is 27.5 Å². The van der Waals surface area contributed by atoms with Gasteiger partial charge in [-0.05, 0) is 49.2 Å². The fourth-order valence-electron chi connectivity index (χ4n) is 3.83. The molecule has 1 atom stereocenters. The second-order valence-electron chi connectivity index (χ2n) is 7.61. The Balaban J connectivity index is 1.74. The van der Waals surface area contributed by atoms with Gasteiger partial charge in [0.1, 0.15) is 0 Å². The van der Waals surface area contributed by atoms with Gasteiger partial charge in [-0.2, -0.15) is 4.31 Å². The van der Waals surface area contributed by atoms with E-state index in [-0.39, 0.29) is 23.4 Å². The summed E-state index contributed by atoms with van der Waals surface area (Å²) in [7, 11) is 0.436. The quantitative estimate of drug-likeness (QED) is 0.678. The molecular formula is C22H27N3O6S. The van der Waals surface area contributed by atoms with Crippen LogP contribution in [0.4, 0.5) is 11.4 Å². The van der Waals surface area contributed by atoms with Crippen molar-refractivity contribution >= 4 is 33.2 Å². The maximum atomic E-state index is 13.0. The van der Waals surface area contributed by atoms with Crippen LogP contribution in [-0.4, -0.2) is 58.4 Å². The van der Waals surface area contributed by atoms with Crippen LogP contribution in [0.15, 0.2) is 41.3 Å². The number of ether oxygens (including phenoxy) is 2. The van der Waals surface area contributed by atoms with E-state index in [0.717, 1.165) is 15.6 Å². The summed E-state index contributed by atoms with van der Waals surface area (Å²) in [5, 5.41) is 2.66. The first-order chi connectivity index (χ1) is 15.1. The van der Waals surface area contributed by atoms with Crippen molar-refractivity contribution in [2.24, 2.45) is 0 Å². The standard InChI is InChI=1S/C22H27N3O6S/c1-14-10-16-11-18(7-8-19(16)25(14)15(2)26)32(28,29)24(3)13-22(27)23-17-6-9-20(30-4)21(12-17)31-5/h6-9,11-12,14H,10,13H2,1-5H3,(H,23,27)/t14-/m0/s1. The highest BCUT2D eigenvalue weighted by Crippen LogP contribution is 2.34. The highest BCUT2D eigenvalue weighted by atomic mass is 32.2. The van der Waals surface area contributed by atoms with Crippen molar-refractivity contribution in [3.8, 4) is 11.5 Å². The topological polar surface area (TPSA) is 105 Å². The fraction of sp³-hybridized carbons (Fsp3) is 0.364. The molecule has 1 aliphatic rings. The number of anilines is 2. The number of rotatable bonds is 7. The van der Waals surface area contributed by atoms with E-state index in [1.54, 1.807) is 35.2 Å². The summed E-state index contributed by atoms with van der Waals surface area (Å²) >= 11 is 0. The number of likely N-dealkylation sites (N-methyl/N-ethyl adjacent to an activating group) is 1. The zero-order chi connectivity index (χ0) is 23.6. The normalized spacial score (nSPS) is 15.4. The first kappa shape index (κ1) is 23.6. The van der Waals surface area contributed by atoms with E-state index in [0.29, 0.717) is 23.6 Å². The molecule has 9 nitrogen and oxygen atoms in total. The van der Waals surface area contributed by atoms with Gasteiger partial charge < -0.3 is 19.7 Å². The molecule has 0 saturated carbocycles. The number of fused-ring (bicyclic) bond motifs is 1. The van der Waals surface area contributed by atoms with Crippen LogP contribution in [0, 0.1) is 0 Å². The number of benzene rings is 2. The van der Waals surface area contributed by atoms with Crippen LogP contribution in [0.1, 0.15) is 19.4 Å². The van der Waals surface area contributed by atoms with Crippen molar-refractivity contribution in [1.29, 1.82) is 0 Å². The highest BCUT2D eigenvalue weighted by Gasteiger charge is 2.31. The lowest BCUT2D eigenvalue weighted by molar-refractivity contribution is -0.117. The van der Waals surface area contributed by atoms with Crippen molar-refractivity contribution in [2.75, 3.05) is 38.0 Å². The number of sulfonamides is 1. The molecule has 1 heterocycles. The van der Waals surface area contributed by atoms with E-state index in [9.17, 15) is 18.0 Å². The van der Waals surface area contributed by atoms with Gasteiger partial charge in [0, 0.05) is 37.5 Å². The number of carbonyl (C=O) groups excluding carboxylic acids is 2. The molecule has 172 valence electrons. The number of methoxy groups -OCH3 is 2. The Morgan fingerprint density at radius 1 is 1.12 bits per heavy atom. The van der Waals surface area contributed by atoms with Crippen LogP contribution in [0.5, 0.6) is 11.5 Å². The lowest BCUT2D eigenvalue weighted by atomic mass is 10.1. The Hall–Kier alpha value is -3.11. The van der Waals surface area contributed by atoms with E-state index in [2.05, 4.69) is 5.32 Å². The zero-order valence-corrected chi connectivity index (χ0v) is 19.5. The van der Waals surface area contributed by atoms with Crippen LogP contribution in [0.3, 0.4) is 0 Å². The van der Waals surface area contributed by atoms with Crippen LogP contribution in [0.2, 0.25) is 0 Å². The maximum Gasteiger partial charge on any atom is 0.243 e. The highest BCUT2D eigenvalue weighted by molar-refractivity contribution is 7.89. The smallest absolute Gasteiger partial charge is 0.243 e. The van der Waals surface area contributed by atoms with E-state index in [1.807, 2.05) is 6.92 Å². The van der Waals surface area contributed by atoms with Gasteiger partial charge in [-0.25, -0.2) is 8.42 Å². The number of hydrogen-bond donors (Lipinski definition) is 1. The number of nitrogens with one attached hydrogen (secondary N) is 1. The van der Waals surface area contributed by atoms with Crippen LogP contribution < -0.4 is 19.7 Å². The lowest BCUT2D eigenvalue weighted by Gasteiger charge is -2.21. The molecule has 3 rings (SSSR count). The van der Waals surface area contributed by atoms with Crippen molar-refractivity contribution in [2.45, 2.75) is 31.2 Å². The predicted octanol–water partition coefficient (Wildman–Crippen LogP) is 2.26. The number of nitrogens with zero attached hydrogens (tertiary/aromatic N) is 2. The lowest BCUT2D eigenvalue weighted by Crippen LogP contribution is -2.35. The number of amides is 2. The molecule has 0 aromatic heterocycles. The Morgan fingerprint density at radius 3 is 2.44 bits per heavy atom. The fourth-order valence-corrected chi connectivity index (χ4v) is 5.01. The summed E-state index contributed by atoms with van der Waals surface area (Å²) < 4.78 is 37.4. The number of hydrogen-bond acceptors (Lipinski definition) is 6. The minimum atomic E-state index is -3.90. The molecule has 0 spiro atoms. The van der Waals surface area contributed by atoms with Crippen molar-refractivity contribution in [3.05, 3.63) is 42.0 Å². The Morgan fingerprint density at radius 2 is 1.81 bits per heavy atom. The summed E-state index contributed by atoms with van der Waals surface area (Å²) in [4.78, 5) is 26.1. The van der Waals surface area contributed by atoms with Crippen molar-refractivity contribution in [1.82, 2.24) is 4.31 Å². The summed E-state index contributed by atoms with van der Waals surface area (Å²) in [6, 6.07) is 9.52. The SMILES string of the molecule is COc1ccc(NC(=O)CN(C)S(=O)(=O)c2ccc3c(c2)C[C@H](C)N3C(C)=O)cc1OC. The molecule has 0 fully saturated rings. The van der Waals surface area contributed by atoms with E-state index < -0.39 is 15.9 Å². The van der Waals surface area contributed by atoms with E-state index in [4.69, 9.17) is 9.47 Å². The van der Waals surface area contributed by atoms with Gasteiger partial charge in [0.05, 0.1) is 25.7 Å². The monoisotopic (exact) mass is 461 g/mol. The van der Waals surface area contributed by atoms with Crippen LogP contribution >= 0.6 is 0 Å². The maximum absolute atomic E-state index is 13.0. The molecule has 0 bridgehead atoms. The molecule has 32 heavy (non-hydrogen) atoms. The summed E-state index contributed by atoms with van der Waals surface area (Å²) in [6.45, 7) is 3.03. The first-order valence-electron chi connectivity index (χ1n) is 9.99. The van der Waals surface area contributed by atoms with Gasteiger partial charge in [0.2, 0.25) is 21.8 Å². The molecule has 10 heteroatoms. The molecule has 1 N–H and O–H groups in total. The van der Waals surface area contributed by atoms with Crippen LogP contribution in [-0.2, 0) is 26.0 Å². The van der Waals surface area contributed by atoms with Gasteiger partial charge in [0.25, 0.3) is 0 Å². The van der Waals surface area contributed by atoms with Crippen molar-refractivity contribution in [3.63, 3.8) is 0 Å². The third kappa shape index (κ3) is 4.56. The molecule has 2 aromatic carbocycles. The minimum absolute atomic E-state index is 0.0366. The summed E-state index contributed by atoms with van der Waals surface area (Å²) in [6.07, 6.45) is 0.571. The van der Waals surface area contributed by atoms with Gasteiger partial charge in [-0.15, -0.1) is 0 Å². The average Bonchev–Trinajstić information content (AvgIpc) is 3.08. The van der Waals surface area contributed by atoms with E-state index >= 15 is 0 Å². The van der Waals surface area contributed by atoms with Gasteiger partial charge in [-0.1, -0.05) is 0 Å². The minimum Gasteiger partial charge on any atom is -0.493 e. The van der Waals surface area contributed by atoms with Gasteiger partial charge in [-0.3, -0.25) is 9.59 Å². The molecule has 0 radical (unpaired) electrons. The third-order valence-corrected chi connectivity index (χ3v) is 7.15. The van der Waals surface area contributed by atoms with Crippen LogP contribution in [0.25, 0.3) is 0 Å². The first-order valence-corrected chi connectivity index (χ1v) is 11.4. The second kappa shape index (κ2) is 9.17. The second-order valence-corrected chi connectivity index (χ2v) is 9.66. The van der Waals surface area contributed by atoms with Gasteiger partial charge >= 0.3 is 0 Å². The Kier molecular flexibility index (Phi) is 6.75. The molecule has 0 aliphatic carbocycles.